The lowest BCUT2D eigenvalue weighted by Crippen LogP contribution is -2.36. The predicted molar refractivity (Wildman–Crippen MR) is 23.1 cm³/mol. The van der Waals surface area contributed by atoms with Gasteiger partial charge in [0.05, 0.1) is 0 Å². The molecule has 0 aromatic carbocycles. The summed E-state index contributed by atoms with van der Waals surface area (Å²) >= 11 is 0. The van der Waals surface area contributed by atoms with Crippen molar-refractivity contribution in [2.45, 2.75) is 0 Å². The molecule has 0 aromatic rings. The molecule has 0 bridgehead atoms. The molecule has 0 spiro atoms. The molecule has 0 aromatic heterocycles. The molecule has 6 nitrogen and oxygen atoms in total. The van der Waals surface area contributed by atoms with Crippen LogP contribution in [0.4, 0.5) is 0 Å². The van der Waals surface area contributed by atoms with Gasteiger partial charge in [0, 0.05) is 0 Å². The predicted octanol–water partition coefficient (Wildman–Crippen LogP) is -0.998. The molecule has 0 atom stereocenters. The van der Waals surface area contributed by atoms with Gasteiger partial charge in [-0.05, 0) is 0 Å². The standard InChI is InChI=1S/CH6N6/c2-1(3)7(5)6-4/h4H,5H2,(H3,2,3). The van der Waals surface area contributed by atoms with Crippen LogP contribution in [0.1, 0.15) is 0 Å². The van der Waals surface area contributed by atoms with E-state index in [1.165, 1.54) is 0 Å². The first-order chi connectivity index (χ1) is 3.18. The third-order valence-corrected chi connectivity index (χ3v) is 0.355. The van der Waals surface area contributed by atoms with Gasteiger partial charge in [-0.2, -0.15) is 5.53 Å². The zero-order valence-electron chi connectivity index (χ0n) is 3.55. The molecular formula is CH6N6. The summed E-state index contributed by atoms with van der Waals surface area (Å²) in [6.07, 6.45) is 0. The van der Waals surface area contributed by atoms with Gasteiger partial charge in [0.25, 0.3) is 0 Å². The van der Waals surface area contributed by atoms with Crippen molar-refractivity contribution in [1.29, 1.82) is 10.9 Å². The Labute approximate surface area is 40.0 Å². The van der Waals surface area contributed by atoms with Crippen molar-refractivity contribution >= 4 is 5.96 Å². The summed E-state index contributed by atoms with van der Waals surface area (Å²) in [5.74, 6) is 4.30. The Kier molecular flexibility index (Phi) is 1.74. The van der Waals surface area contributed by atoms with Gasteiger partial charge in [-0.15, -0.1) is 5.12 Å². The quantitative estimate of drug-likeness (QED) is 0.112. The van der Waals surface area contributed by atoms with E-state index in [0.717, 1.165) is 0 Å². The highest BCUT2D eigenvalue weighted by Crippen LogP contribution is 1.68. The second kappa shape index (κ2) is 2.08. The van der Waals surface area contributed by atoms with Crippen LogP contribution in [0, 0.1) is 10.9 Å². The lowest BCUT2D eigenvalue weighted by molar-refractivity contribution is 0.416. The Morgan fingerprint density at radius 3 is 2.14 bits per heavy atom. The van der Waals surface area contributed by atoms with Crippen LogP contribution >= 0.6 is 0 Å². The first-order valence-corrected chi connectivity index (χ1v) is 1.44. The average molecular weight is 102 g/mol. The van der Waals surface area contributed by atoms with Gasteiger partial charge in [0.15, 0.2) is 0 Å². The van der Waals surface area contributed by atoms with E-state index >= 15 is 0 Å². The van der Waals surface area contributed by atoms with E-state index in [2.05, 4.69) is 5.22 Å². The second-order valence-electron chi connectivity index (χ2n) is 0.830. The van der Waals surface area contributed by atoms with Gasteiger partial charge in [0.1, 0.15) is 0 Å². The van der Waals surface area contributed by atoms with E-state index < -0.39 is 5.96 Å². The summed E-state index contributed by atoms with van der Waals surface area (Å²) < 4.78 is 0. The summed E-state index contributed by atoms with van der Waals surface area (Å²) in [7, 11) is 0. The molecule has 0 fully saturated rings. The minimum atomic E-state index is -0.449. The van der Waals surface area contributed by atoms with Crippen molar-refractivity contribution in [3.05, 3.63) is 0 Å². The monoisotopic (exact) mass is 102 g/mol. The summed E-state index contributed by atoms with van der Waals surface area (Å²) in [5, 5.41) is 9.51. The molecule has 0 rings (SSSR count). The third-order valence-electron chi connectivity index (χ3n) is 0.355. The van der Waals surface area contributed by atoms with Crippen molar-refractivity contribution in [2.75, 3.05) is 0 Å². The van der Waals surface area contributed by atoms with Crippen LogP contribution in [-0.2, 0) is 0 Å². The number of hydrazine groups is 1. The second-order valence-corrected chi connectivity index (χ2v) is 0.830. The number of rotatable bonds is 1. The van der Waals surface area contributed by atoms with E-state index in [-0.39, 0.29) is 0 Å². The fraction of sp³-hybridized carbons (Fsp3) is 0. The number of hydrogen-bond acceptors (Lipinski definition) is 4. The largest absolute Gasteiger partial charge is 0.367 e. The minimum absolute atomic E-state index is 0.444. The van der Waals surface area contributed by atoms with Gasteiger partial charge in [-0.3, -0.25) is 5.41 Å². The number of hydrogen-bond donors (Lipinski definition) is 4. The molecule has 0 unspecified atom stereocenters. The van der Waals surface area contributed by atoms with Gasteiger partial charge < -0.3 is 5.73 Å². The van der Waals surface area contributed by atoms with Crippen molar-refractivity contribution in [3.63, 3.8) is 0 Å². The molecule has 6 N–H and O–H groups in total. The number of guanidine groups is 1. The lowest BCUT2D eigenvalue weighted by atomic mass is 11.1. The summed E-state index contributed by atoms with van der Waals surface area (Å²) in [5.41, 5.74) is 10.9. The smallest absolute Gasteiger partial charge is 0.226 e. The lowest BCUT2D eigenvalue weighted by Gasteiger charge is -2.02. The van der Waals surface area contributed by atoms with Gasteiger partial charge in [0.2, 0.25) is 5.96 Å². The van der Waals surface area contributed by atoms with E-state index in [9.17, 15) is 0 Å². The fourth-order valence-corrected chi connectivity index (χ4v) is 0.0539. The molecule has 0 saturated carbocycles. The third kappa shape index (κ3) is 1.66. The number of nitrogens with one attached hydrogen (secondary N) is 2. The van der Waals surface area contributed by atoms with Crippen LogP contribution in [0.2, 0.25) is 0 Å². The maximum Gasteiger partial charge on any atom is 0.226 e. The van der Waals surface area contributed by atoms with Crippen molar-refractivity contribution in [2.24, 2.45) is 16.8 Å². The maximum absolute atomic E-state index is 6.47. The Morgan fingerprint density at radius 1 is 1.71 bits per heavy atom. The highest BCUT2D eigenvalue weighted by Gasteiger charge is 1.90. The minimum Gasteiger partial charge on any atom is -0.367 e. The molecule has 0 heterocycles. The molecule has 0 radical (unpaired) electrons. The molecule has 0 aliphatic carbocycles. The van der Waals surface area contributed by atoms with E-state index in [4.69, 9.17) is 22.5 Å². The highest BCUT2D eigenvalue weighted by molar-refractivity contribution is 5.73. The maximum atomic E-state index is 6.47. The van der Waals surface area contributed by atoms with Crippen molar-refractivity contribution in [1.82, 2.24) is 5.12 Å². The molecule has 0 aliphatic heterocycles. The molecule has 0 amide bonds. The highest BCUT2D eigenvalue weighted by atomic mass is 15.7. The van der Waals surface area contributed by atoms with Crippen LogP contribution in [0.15, 0.2) is 5.22 Å². The number of nitrogens with two attached hydrogens (primary N) is 2. The average Bonchev–Trinajstić information content (AvgIpc) is 1.65. The molecule has 7 heavy (non-hydrogen) atoms. The summed E-state index contributed by atoms with van der Waals surface area (Å²) in [4.78, 5) is 0. The molecule has 6 heteroatoms. The van der Waals surface area contributed by atoms with Crippen LogP contribution in [0.3, 0.4) is 0 Å². The topological polar surface area (TPSA) is 115 Å². The number of nitrogens with zero attached hydrogens (tertiary/aromatic N) is 2. The van der Waals surface area contributed by atoms with E-state index in [0.29, 0.717) is 5.12 Å². The van der Waals surface area contributed by atoms with Crippen LogP contribution < -0.4 is 11.6 Å². The first kappa shape index (κ1) is 5.83. The Balaban J connectivity index is 3.55. The van der Waals surface area contributed by atoms with Crippen LogP contribution in [-0.4, -0.2) is 11.1 Å². The fourth-order valence-electron chi connectivity index (χ4n) is 0.0539. The molecule has 0 aliphatic rings. The Bertz CT molecular complexity index is 84.2. The molecular weight excluding hydrogens is 96.1 g/mol. The van der Waals surface area contributed by atoms with Crippen LogP contribution in [0.25, 0.3) is 0 Å². The zero-order chi connectivity index (χ0) is 5.86. The van der Waals surface area contributed by atoms with E-state index in [1.807, 2.05) is 0 Å². The Hall–Kier alpha value is -1.17. The van der Waals surface area contributed by atoms with Gasteiger partial charge >= 0.3 is 0 Å². The summed E-state index contributed by atoms with van der Waals surface area (Å²) in [6.45, 7) is 0. The first-order valence-electron chi connectivity index (χ1n) is 1.44. The van der Waals surface area contributed by atoms with Crippen LogP contribution in [0.5, 0.6) is 0 Å². The van der Waals surface area contributed by atoms with E-state index in [1.54, 1.807) is 0 Å². The SMILES string of the molecule is N=NN(N)C(=N)N. The molecule has 0 saturated heterocycles. The molecule has 40 valence electrons. The Morgan fingerprint density at radius 2 is 2.14 bits per heavy atom. The normalized spacial score (nSPS) is 7.57. The van der Waals surface area contributed by atoms with Crippen molar-refractivity contribution in [3.8, 4) is 0 Å². The van der Waals surface area contributed by atoms with Crippen molar-refractivity contribution < 1.29 is 0 Å². The summed E-state index contributed by atoms with van der Waals surface area (Å²) in [6, 6.07) is 0. The van der Waals surface area contributed by atoms with Gasteiger partial charge in [-0.1, -0.05) is 5.22 Å². The zero-order valence-corrected chi connectivity index (χ0v) is 3.55. The van der Waals surface area contributed by atoms with Gasteiger partial charge in [-0.25, -0.2) is 5.84 Å².